The van der Waals surface area contributed by atoms with Crippen LogP contribution in [0.15, 0.2) is 114 Å². The number of halogens is 2. The smallest absolute Gasteiger partial charge is 0.264 e. The number of anilines is 1. The second kappa shape index (κ2) is 20.7. The van der Waals surface area contributed by atoms with Gasteiger partial charge in [-0.25, -0.2) is 4.98 Å². The van der Waals surface area contributed by atoms with Crippen LogP contribution in [0.3, 0.4) is 0 Å². The van der Waals surface area contributed by atoms with Gasteiger partial charge in [0, 0.05) is 47.8 Å². The molecule has 2 aromatic heterocycles. The van der Waals surface area contributed by atoms with E-state index in [0.29, 0.717) is 57.8 Å². The van der Waals surface area contributed by atoms with Gasteiger partial charge in [-0.15, -0.1) is 10.2 Å². The van der Waals surface area contributed by atoms with Crippen LogP contribution in [0.1, 0.15) is 62.4 Å². The fourth-order valence-corrected chi connectivity index (χ4v) is 9.53. The van der Waals surface area contributed by atoms with E-state index in [-0.39, 0.29) is 36.0 Å². The number of hydrogen-bond donors (Lipinski definition) is 4. The zero-order valence-corrected chi connectivity index (χ0v) is 38.4. The molecule has 7 aromatic rings. The predicted molar refractivity (Wildman–Crippen MR) is 254 cm³/mol. The molecule has 5 aromatic carbocycles. The van der Waals surface area contributed by atoms with E-state index in [1.54, 1.807) is 55.1 Å². The highest BCUT2D eigenvalue weighted by molar-refractivity contribution is 6.35. The summed E-state index contributed by atoms with van der Waals surface area (Å²) in [5.74, 6) is 5.30. The SMILES string of the molecule is CC(Oc1ccc(Cl)cc1Cl)C(=O)NC(C)C1CC2CCC1C2.Cc1nnc(-c2ccc(OCC(=O)N3CCc4ccccc43)cc2)o1.Oc1ccc(O)c(Cc2nc3ccccc3[nH]2)c1. The van der Waals surface area contributed by atoms with Gasteiger partial charge in [-0.05, 0) is 142 Å². The Labute approximate surface area is 393 Å². The second-order valence-electron chi connectivity index (χ2n) is 17.0. The number of para-hydroxylation sites is 3. The monoisotopic (exact) mass is 930 g/mol. The van der Waals surface area contributed by atoms with Gasteiger partial charge < -0.3 is 39.3 Å². The first-order valence-corrected chi connectivity index (χ1v) is 22.9. The Morgan fingerprint density at radius 3 is 2.44 bits per heavy atom. The highest BCUT2D eigenvalue weighted by atomic mass is 35.5. The Morgan fingerprint density at radius 1 is 0.924 bits per heavy atom. The summed E-state index contributed by atoms with van der Waals surface area (Å²) in [5.41, 5.74) is 5.51. The Bertz CT molecular complexity index is 2760. The molecule has 2 saturated carbocycles. The molecule has 10 rings (SSSR count). The number of imidazole rings is 1. The van der Waals surface area contributed by atoms with Crippen molar-refractivity contribution in [3.8, 4) is 34.5 Å². The average Bonchev–Trinajstić information content (AvgIpc) is 4.18. The molecule has 1 aliphatic heterocycles. The molecular formula is C51H52Cl2N6O7. The highest BCUT2D eigenvalue weighted by Gasteiger charge is 2.42. The Balaban J connectivity index is 0.000000136. The number of nitrogens with zero attached hydrogens (tertiary/aromatic N) is 4. The van der Waals surface area contributed by atoms with Gasteiger partial charge in [-0.3, -0.25) is 9.59 Å². The molecule has 5 atom stereocenters. The number of H-pyrrole nitrogens is 1. The number of benzene rings is 5. The number of ether oxygens (including phenoxy) is 2. The van der Waals surface area contributed by atoms with E-state index in [1.165, 1.54) is 43.4 Å². The lowest BCUT2D eigenvalue weighted by Crippen LogP contribution is -2.45. The molecule has 5 unspecified atom stereocenters. The normalized spacial score (nSPS) is 17.8. The number of aromatic nitrogens is 4. The number of aromatic hydroxyl groups is 2. The predicted octanol–water partition coefficient (Wildman–Crippen LogP) is 10.3. The molecule has 3 aliphatic rings. The van der Waals surface area contributed by atoms with Crippen molar-refractivity contribution in [3.05, 3.63) is 142 Å². The lowest BCUT2D eigenvalue weighted by molar-refractivity contribution is -0.128. The van der Waals surface area contributed by atoms with Crippen molar-refractivity contribution in [2.75, 3.05) is 18.1 Å². The summed E-state index contributed by atoms with van der Waals surface area (Å²) in [6.45, 7) is 6.32. The molecule has 4 N–H and O–H groups in total. The molecule has 0 radical (unpaired) electrons. The fraction of sp³-hybridized carbons (Fsp3) is 0.314. The molecule has 0 saturated heterocycles. The van der Waals surface area contributed by atoms with Gasteiger partial charge in [0.1, 0.15) is 28.8 Å². The number of phenolic OH excluding ortho intramolecular Hbond substituents is 2. The number of fused-ring (bicyclic) bond motifs is 4. The molecule has 2 fully saturated rings. The number of aromatic amines is 1. The lowest BCUT2D eigenvalue weighted by atomic mass is 9.84. The van der Waals surface area contributed by atoms with Crippen molar-refractivity contribution < 1.29 is 33.7 Å². The third-order valence-electron chi connectivity index (χ3n) is 12.4. The summed E-state index contributed by atoms with van der Waals surface area (Å²) in [4.78, 5) is 34.2. The minimum atomic E-state index is -0.588. The first-order chi connectivity index (χ1) is 31.9. The van der Waals surface area contributed by atoms with E-state index in [1.807, 2.05) is 54.6 Å². The van der Waals surface area contributed by atoms with Gasteiger partial charge in [0.05, 0.1) is 16.1 Å². The standard InChI is InChI=1S/C19H17N3O3.C18H23Cl2NO2.C14H12N2O2/c1-13-20-21-19(25-13)15-6-8-16(9-7-15)24-12-18(23)22-11-10-14-4-2-3-5-17(14)22;1-10(15-8-12-3-4-13(15)7-12)21-18(22)11(2)23-17-6-5-14(19)9-16(17)20;17-10-5-6-13(18)9(7-10)8-14-15-11-3-1-2-4-12(11)16-14/h2-9H,10-12H2,1H3;5-6,9-13,15H,3-4,7-8H2,1-2H3,(H,21,22);1-7,17-18H,8H2,(H,15,16). The molecule has 13 nitrogen and oxygen atoms in total. The van der Waals surface area contributed by atoms with Crippen LogP contribution in [0, 0.1) is 24.7 Å². The molecule has 66 heavy (non-hydrogen) atoms. The molecule has 2 bridgehead atoms. The number of carbonyl (C=O) groups excluding carboxylic acids is 2. The van der Waals surface area contributed by atoms with Crippen LogP contribution in [0.2, 0.25) is 10.0 Å². The Kier molecular flexibility index (Phi) is 14.4. The van der Waals surface area contributed by atoms with Gasteiger partial charge in [0.15, 0.2) is 12.7 Å². The highest BCUT2D eigenvalue weighted by Crippen LogP contribution is 2.49. The Morgan fingerprint density at radius 2 is 1.71 bits per heavy atom. The molecule has 2 amide bonds. The van der Waals surface area contributed by atoms with Crippen molar-refractivity contribution in [2.24, 2.45) is 17.8 Å². The minimum absolute atomic E-state index is 0.00729. The van der Waals surface area contributed by atoms with Gasteiger partial charge in [0.25, 0.3) is 11.8 Å². The van der Waals surface area contributed by atoms with E-state index in [4.69, 9.17) is 37.1 Å². The molecule has 3 heterocycles. The summed E-state index contributed by atoms with van der Waals surface area (Å²) in [7, 11) is 0. The molecule has 342 valence electrons. The van der Waals surface area contributed by atoms with E-state index in [2.05, 4.69) is 38.5 Å². The van der Waals surface area contributed by atoms with E-state index in [9.17, 15) is 19.8 Å². The van der Waals surface area contributed by atoms with Crippen molar-refractivity contribution in [1.29, 1.82) is 0 Å². The Hall–Kier alpha value is -6.57. The summed E-state index contributed by atoms with van der Waals surface area (Å²) >= 11 is 12.0. The van der Waals surface area contributed by atoms with Crippen LogP contribution in [0.25, 0.3) is 22.5 Å². The van der Waals surface area contributed by atoms with Gasteiger partial charge >= 0.3 is 0 Å². The van der Waals surface area contributed by atoms with Gasteiger partial charge in [0.2, 0.25) is 11.8 Å². The first-order valence-electron chi connectivity index (χ1n) is 22.1. The van der Waals surface area contributed by atoms with Crippen LogP contribution >= 0.6 is 23.2 Å². The third-order valence-corrected chi connectivity index (χ3v) is 12.9. The number of amides is 2. The number of nitrogens with one attached hydrogen (secondary N) is 2. The van der Waals surface area contributed by atoms with E-state index in [0.717, 1.165) is 46.4 Å². The number of phenols is 2. The van der Waals surface area contributed by atoms with Crippen molar-refractivity contribution in [1.82, 2.24) is 25.5 Å². The molecule has 2 aliphatic carbocycles. The summed E-state index contributed by atoms with van der Waals surface area (Å²) in [6.07, 6.45) is 6.05. The minimum Gasteiger partial charge on any atom is -0.508 e. The topological polar surface area (TPSA) is 176 Å². The number of aryl methyl sites for hydroxylation is 1. The number of carbonyl (C=O) groups is 2. The molecule has 0 spiro atoms. The average molecular weight is 932 g/mol. The van der Waals surface area contributed by atoms with Crippen LogP contribution < -0.4 is 19.7 Å². The lowest BCUT2D eigenvalue weighted by Gasteiger charge is -2.29. The van der Waals surface area contributed by atoms with Crippen molar-refractivity contribution in [3.63, 3.8) is 0 Å². The number of hydrogen-bond acceptors (Lipinski definition) is 10. The van der Waals surface area contributed by atoms with Crippen molar-refractivity contribution in [2.45, 2.75) is 71.4 Å². The first kappa shape index (κ1) is 46.0. The maximum absolute atomic E-state index is 12.4. The summed E-state index contributed by atoms with van der Waals surface area (Å²) < 4.78 is 16.7. The van der Waals surface area contributed by atoms with Crippen LogP contribution in [0.5, 0.6) is 23.0 Å². The van der Waals surface area contributed by atoms with Crippen molar-refractivity contribution >= 4 is 51.7 Å². The van der Waals surface area contributed by atoms with E-state index >= 15 is 0 Å². The second-order valence-corrected chi connectivity index (χ2v) is 17.9. The summed E-state index contributed by atoms with van der Waals surface area (Å²) in [5, 5.41) is 31.0. The third kappa shape index (κ3) is 11.3. The van der Waals surface area contributed by atoms with Crippen LogP contribution in [0.4, 0.5) is 5.69 Å². The molecule has 15 heteroatoms. The fourth-order valence-electron chi connectivity index (χ4n) is 9.08. The maximum Gasteiger partial charge on any atom is 0.264 e. The van der Waals surface area contributed by atoms with Crippen LogP contribution in [-0.4, -0.2) is 67.5 Å². The summed E-state index contributed by atoms with van der Waals surface area (Å²) in [6, 6.07) is 32.6. The van der Waals surface area contributed by atoms with Crippen LogP contribution in [-0.2, 0) is 22.4 Å². The zero-order chi connectivity index (χ0) is 46.3. The molecular weight excluding hydrogens is 880 g/mol. The largest absolute Gasteiger partial charge is 0.508 e. The maximum atomic E-state index is 12.4. The van der Waals surface area contributed by atoms with Gasteiger partial charge in [-0.1, -0.05) is 60.0 Å². The van der Waals surface area contributed by atoms with E-state index < -0.39 is 6.10 Å². The number of rotatable bonds is 11. The zero-order valence-electron chi connectivity index (χ0n) is 36.9. The van der Waals surface area contributed by atoms with Gasteiger partial charge in [-0.2, -0.15) is 0 Å². The quantitative estimate of drug-likeness (QED) is 0.0914.